The van der Waals surface area contributed by atoms with Crippen molar-refractivity contribution in [2.24, 2.45) is 5.92 Å². The Morgan fingerprint density at radius 1 is 1.07 bits per heavy atom. The topological polar surface area (TPSA) is 121 Å². The summed E-state index contributed by atoms with van der Waals surface area (Å²) in [5.41, 5.74) is 3.98. The van der Waals surface area contributed by atoms with Crippen LogP contribution >= 0.6 is 0 Å². The zero-order valence-corrected chi connectivity index (χ0v) is 23.6. The van der Waals surface area contributed by atoms with Gasteiger partial charge in [-0.2, -0.15) is 0 Å². The number of hydrogen-bond acceptors (Lipinski definition) is 6. The number of rotatable bonds is 8. The van der Waals surface area contributed by atoms with Crippen molar-refractivity contribution in [1.29, 1.82) is 0 Å². The van der Waals surface area contributed by atoms with Crippen molar-refractivity contribution in [3.05, 3.63) is 88.7 Å². The second kappa shape index (κ2) is 11.2. The Bertz CT molecular complexity index is 1670. The van der Waals surface area contributed by atoms with Crippen molar-refractivity contribution in [1.82, 2.24) is 9.97 Å². The number of carbonyl (C=O) groups is 4. The Kier molecular flexibility index (Phi) is 7.33. The second-order valence-corrected chi connectivity index (χ2v) is 11.0. The van der Waals surface area contributed by atoms with Crippen LogP contribution in [0.5, 0.6) is 0 Å². The molecule has 9 nitrogen and oxygen atoms in total. The lowest BCUT2D eigenvalue weighted by Gasteiger charge is -2.21. The summed E-state index contributed by atoms with van der Waals surface area (Å²) in [6.07, 6.45) is 8.43. The number of imide groups is 1. The van der Waals surface area contributed by atoms with Gasteiger partial charge in [0.15, 0.2) is 0 Å². The van der Waals surface area contributed by atoms with E-state index in [1.807, 2.05) is 25.3 Å². The van der Waals surface area contributed by atoms with Crippen LogP contribution in [0.15, 0.2) is 60.9 Å². The molecular weight excluding hydrogens is 532 g/mol. The van der Waals surface area contributed by atoms with E-state index >= 15 is 0 Å². The van der Waals surface area contributed by atoms with Crippen molar-refractivity contribution in [3.63, 3.8) is 0 Å². The molecule has 214 valence electrons. The maximum atomic E-state index is 13.8. The Labute approximate surface area is 243 Å². The number of aryl methyl sites for hydroxylation is 1. The van der Waals surface area contributed by atoms with Gasteiger partial charge in [-0.1, -0.05) is 37.8 Å². The highest BCUT2D eigenvalue weighted by Gasteiger charge is 2.37. The highest BCUT2D eigenvalue weighted by molar-refractivity contribution is 6.34. The fourth-order valence-electron chi connectivity index (χ4n) is 6.20. The first-order chi connectivity index (χ1) is 20.4. The highest BCUT2D eigenvalue weighted by Crippen LogP contribution is 2.39. The first kappa shape index (κ1) is 27.4. The molecule has 0 saturated heterocycles. The van der Waals surface area contributed by atoms with Gasteiger partial charge in [0, 0.05) is 23.3 Å². The number of fused-ring (bicyclic) bond motifs is 2. The lowest BCUT2D eigenvalue weighted by molar-refractivity contribution is -0.118. The standard InChI is InChI=1S/C33H32N4O5/c1-3-42-33(41)21-12-13-29(35-17-21)36-30(38)25(15-20-8-4-5-9-20)26-18-34-27-16-28(19(2)14-24(26)27)37-31(39)22-10-6-7-11-23(22)32(37)40/h6-7,10-14,16-18,20,25,34H,3-5,8-9,15H2,1-2H3,(H,35,36,38). The third-order valence-electron chi connectivity index (χ3n) is 8.33. The fourth-order valence-corrected chi connectivity index (χ4v) is 6.20. The number of benzene rings is 2. The predicted octanol–water partition coefficient (Wildman–Crippen LogP) is 6.15. The molecule has 0 bridgehead atoms. The number of esters is 1. The van der Waals surface area contributed by atoms with E-state index in [1.165, 1.54) is 11.1 Å². The average Bonchev–Trinajstić information content (AvgIpc) is 3.71. The van der Waals surface area contributed by atoms with Crippen LogP contribution < -0.4 is 10.2 Å². The molecule has 2 N–H and O–H groups in total. The maximum Gasteiger partial charge on any atom is 0.339 e. The monoisotopic (exact) mass is 564 g/mol. The number of pyridine rings is 1. The van der Waals surface area contributed by atoms with Gasteiger partial charge >= 0.3 is 5.97 Å². The van der Waals surface area contributed by atoms with Crippen LogP contribution in [0.4, 0.5) is 11.5 Å². The number of carbonyl (C=O) groups excluding carboxylic acids is 4. The highest BCUT2D eigenvalue weighted by atomic mass is 16.5. The molecule has 1 saturated carbocycles. The van der Waals surface area contributed by atoms with E-state index < -0.39 is 11.9 Å². The number of ether oxygens (including phenoxy) is 1. The molecule has 3 amide bonds. The van der Waals surface area contributed by atoms with Gasteiger partial charge in [-0.3, -0.25) is 14.4 Å². The number of nitrogens with one attached hydrogen (secondary N) is 2. The minimum Gasteiger partial charge on any atom is -0.462 e. The summed E-state index contributed by atoms with van der Waals surface area (Å²) in [5.74, 6) is -0.984. The zero-order chi connectivity index (χ0) is 29.4. The summed E-state index contributed by atoms with van der Waals surface area (Å²) < 4.78 is 5.02. The van der Waals surface area contributed by atoms with Crippen LogP contribution in [0, 0.1) is 12.8 Å². The summed E-state index contributed by atoms with van der Waals surface area (Å²) >= 11 is 0. The number of H-pyrrole nitrogens is 1. The molecule has 2 aliphatic rings. The first-order valence-electron chi connectivity index (χ1n) is 14.4. The summed E-state index contributed by atoms with van der Waals surface area (Å²) in [6.45, 7) is 3.88. The molecule has 2 aromatic heterocycles. The van der Waals surface area contributed by atoms with Crippen molar-refractivity contribution in [2.75, 3.05) is 16.8 Å². The molecule has 0 spiro atoms. The molecule has 6 rings (SSSR count). The van der Waals surface area contributed by atoms with E-state index in [9.17, 15) is 19.2 Å². The number of amides is 3. The van der Waals surface area contributed by atoms with Gasteiger partial charge in [-0.25, -0.2) is 14.7 Å². The van der Waals surface area contributed by atoms with Crippen LogP contribution in [0.2, 0.25) is 0 Å². The van der Waals surface area contributed by atoms with Gasteiger partial charge in [-0.05, 0) is 73.7 Å². The molecular formula is C33H32N4O5. The van der Waals surface area contributed by atoms with E-state index in [0.717, 1.165) is 47.7 Å². The van der Waals surface area contributed by atoms with Crippen LogP contribution in [0.3, 0.4) is 0 Å². The quantitative estimate of drug-likeness (QED) is 0.196. The second-order valence-electron chi connectivity index (χ2n) is 11.0. The third kappa shape index (κ3) is 4.95. The van der Waals surface area contributed by atoms with Crippen LogP contribution in [-0.2, 0) is 9.53 Å². The van der Waals surface area contributed by atoms with Gasteiger partial charge in [0.1, 0.15) is 5.82 Å². The van der Waals surface area contributed by atoms with Crippen molar-refractivity contribution < 1.29 is 23.9 Å². The minimum atomic E-state index is -0.461. The minimum absolute atomic E-state index is 0.179. The SMILES string of the molecule is CCOC(=O)c1ccc(NC(=O)C(CC2CCCC2)c2c[nH]c3cc(N4C(=O)c5ccccc5C4=O)c(C)cc23)nc1. The molecule has 1 unspecified atom stereocenters. The van der Waals surface area contributed by atoms with Gasteiger partial charge in [-0.15, -0.1) is 0 Å². The number of anilines is 2. The number of hydrogen-bond donors (Lipinski definition) is 2. The Morgan fingerprint density at radius 3 is 2.43 bits per heavy atom. The summed E-state index contributed by atoms with van der Waals surface area (Å²) in [5, 5.41) is 3.82. The normalized spacial score (nSPS) is 15.7. The van der Waals surface area contributed by atoms with E-state index in [-0.39, 0.29) is 24.3 Å². The molecule has 3 heterocycles. The number of aromatic amines is 1. The lowest BCUT2D eigenvalue weighted by Crippen LogP contribution is -2.30. The Morgan fingerprint density at radius 2 is 1.79 bits per heavy atom. The van der Waals surface area contributed by atoms with Crippen molar-refractivity contribution in [2.45, 2.75) is 51.9 Å². The summed E-state index contributed by atoms with van der Waals surface area (Å²) in [7, 11) is 0. The number of nitrogens with zero attached hydrogens (tertiary/aromatic N) is 2. The Balaban J connectivity index is 1.31. The molecule has 9 heteroatoms. The molecule has 0 radical (unpaired) electrons. The van der Waals surface area contributed by atoms with Gasteiger partial charge in [0.05, 0.1) is 34.9 Å². The molecule has 4 aromatic rings. The van der Waals surface area contributed by atoms with Gasteiger partial charge < -0.3 is 15.0 Å². The maximum absolute atomic E-state index is 13.8. The van der Waals surface area contributed by atoms with Crippen molar-refractivity contribution in [3.8, 4) is 0 Å². The van der Waals surface area contributed by atoms with E-state index in [1.54, 1.807) is 43.3 Å². The molecule has 1 aliphatic heterocycles. The summed E-state index contributed by atoms with van der Waals surface area (Å²) in [6, 6.07) is 13.8. The first-order valence-corrected chi connectivity index (χ1v) is 14.4. The van der Waals surface area contributed by atoms with E-state index in [4.69, 9.17) is 4.74 Å². The largest absolute Gasteiger partial charge is 0.462 e. The van der Waals surface area contributed by atoms with E-state index in [2.05, 4.69) is 15.3 Å². The lowest BCUT2D eigenvalue weighted by atomic mass is 9.86. The van der Waals surface area contributed by atoms with Crippen LogP contribution in [0.1, 0.15) is 87.1 Å². The molecule has 1 atom stereocenters. The molecule has 1 aliphatic carbocycles. The van der Waals surface area contributed by atoms with E-state index in [0.29, 0.717) is 40.5 Å². The molecule has 1 fully saturated rings. The molecule has 42 heavy (non-hydrogen) atoms. The fraction of sp³-hybridized carbons (Fsp3) is 0.303. The van der Waals surface area contributed by atoms with Crippen molar-refractivity contribution >= 4 is 46.1 Å². The van der Waals surface area contributed by atoms with Gasteiger partial charge in [0.25, 0.3) is 11.8 Å². The zero-order valence-electron chi connectivity index (χ0n) is 23.6. The van der Waals surface area contributed by atoms with Crippen LogP contribution in [-0.4, -0.2) is 40.3 Å². The number of aromatic nitrogens is 2. The summed E-state index contributed by atoms with van der Waals surface area (Å²) in [4.78, 5) is 60.9. The van der Waals surface area contributed by atoms with Crippen LogP contribution in [0.25, 0.3) is 10.9 Å². The average molecular weight is 565 g/mol. The third-order valence-corrected chi connectivity index (χ3v) is 8.33. The smallest absolute Gasteiger partial charge is 0.339 e. The Hall–Kier alpha value is -4.79. The molecule has 2 aromatic carbocycles. The predicted molar refractivity (Wildman–Crippen MR) is 159 cm³/mol. The van der Waals surface area contributed by atoms with Gasteiger partial charge in [0.2, 0.25) is 5.91 Å².